The maximum absolute atomic E-state index is 11.7. The van der Waals surface area contributed by atoms with Crippen molar-refractivity contribution in [3.63, 3.8) is 0 Å². The minimum atomic E-state index is -2.64. The first-order valence-corrected chi connectivity index (χ1v) is 2.74. The molecule has 0 fully saturated rings. The van der Waals surface area contributed by atoms with Crippen molar-refractivity contribution in [2.24, 2.45) is 0 Å². The molecule has 1 nitrogen and oxygen atoms in total. The quantitative estimate of drug-likeness (QED) is 0.450. The van der Waals surface area contributed by atoms with Gasteiger partial charge in [0.1, 0.15) is 0 Å². The van der Waals surface area contributed by atoms with Gasteiger partial charge in [0.25, 0.3) is 6.55 Å². The average Bonchev–Trinajstić information content (AvgIpc) is 1.63. The molecule has 0 aliphatic rings. The van der Waals surface area contributed by atoms with Gasteiger partial charge in [-0.05, 0) is 7.05 Å². The highest BCUT2D eigenvalue weighted by atomic mass is 35.5. The van der Waals surface area contributed by atoms with Crippen molar-refractivity contribution in [3.8, 4) is 0 Å². The molecular weight excluding hydrogens is 154 g/mol. The topological polar surface area (TPSA) is 3.24 Å². The van der Waals surface area contributed by atoms with E-state index in [9.17, 15) is 13.2 Å². The van der Waals surface area contributed by atoms with E-state index >= 15 is 0 Å². The normalized spacial score (nSPS) is 15.0. The summed E-state index contributed by atoms with van der Waals surface area (Å²) in [5, 5.41) is 0. The Morgan fingerprint density at radius 3 is 2.00 bits per heavy atom. The lowest BCUT2D eigenvalue weighted by Crippen LogP contribution is -2.28. The second kappa shape index (κ2) is 3.95. The molecule has 9 heavy (non-hydrogen) atoms. The third-order valence-corrected chi connectivity index (χ3v) is 0.897. The van der Waals surface area contributed by atoms with Gasteiger partial charge in [0.2, 0.25) is 0 Å². The molecule has 0 rings (SSSR count). The largest absolute Gasteiger partial charge is 0.294 e. The predicted molar refractivity (Wildman–Crippen MR) is 29.4 cm³/mol. The van der Waals surface area contributed by atoms with Crippen molar-refractivity contribution >= 4 is 11.6 Å². The van der Waals surface area contributed by atoms with Crippen molar-refractivity contribution in [2.45, 2.75) is 12.2 Å². The van der Waals surface area contributed by atoms with Gasteiger partial charge in [0, 0.05) is 6.54 Å². The fourth-order valence-corrected chi connectivity index (χ4v) is 0.515. The van der Waals surface area contributed by atoms with E-state index in [0.717, 1.165) is 7.05 Å². The fourth-order valence-electron chi connectivity index (χ4n) is 0.297. The van der Waals surface area contributed by atoms with Crippen LogP contribution < -0.4 is 0 Å². The number of alkyl halides is 4. The molecule has 0 saturated carbocycles. The van der Waals surface area contributed by atoms with Gasteiger partial charge >= 0.3 is 0 Å². The zero-order chi connectivity index (χ0) is 7.44. The van der Waals surface area contributed by atoms with E-state index < -0.39 is 18.7 Å². The Labute approximate surface area is 56.4 Å². The van der Waals surface area contributed by atoms with E-state index in [-0.39, 0.29) is 0 Å². The summed E-state index contributed by atoms with van der Waals surface area (Å²) in [4.78, 5) is 0.525. The van der Waals surface area contributed by atoms with E-state index in [2.05, 4.69) is 0 Å². The van der Waals surface area contributed by atoms with Crippen LogP contribution in [0.1, 0.15) is 0 Å². The molecule has 1 atom stereocenters. The van der Waals surface area contributed by atoms with Crippen molar-refractivity contribution in [2.75, 3.05) is 13.6 Å². The highest BCUT2D eigenvalue weighted by Crippen LogP contribution is 2.04. The molecule has 0 aromatic carbocycles. The van der Waals surface area contributed by atoms with Crippen LogP contribution in [-0.2, 0) is 0 Å². The van der Waals surface area contributed by atoms with Gasteiger partial charge in [-0.15, -0.1) is 0 Å². The molecule has 1 unspecified atom stereocenters. The van der Waals surface area contributed by atoms with Crippen LogP contribution in [0.5, 0.6) is 0 Å². The standard InChI is InChI=1S/C4H7ClF3N/c1-9(4(7)8)2-3(5)6/h3-4H,2H2,1H3. The van der Waals surface area contributed by atoms with Crippen LogP contribution in [0.4, 0.5) is 13.2 Å². The second-order valence-electron chi connectivity index (χ2n) is 1.61. The van der Waals surface area contributed by atoms with E-state index in [1.807, 2.05) is 0 Å². The minimum absolute atomic E-state index is 0.445. The molecule has 0 aromatic rings. The zero-order valence-corrected chi connectivity index (χ0v) is 5.58. The summed E-state index contributed by atoms with van der Waals surface area (Å²) in [5.74, 6) is 0. The summed E-state index contributed by atoms with van der Waals surface area (Å²) >= 11 is 4.78. The van der Waals surface area contributed by atoms with Gasteiger partial charge in [0.05, 0.1) is 0 Å². The summed E-state index contributed by atoms with van der Waals surface area (Å²) in [6.45, 7) is -3.08. The SMILES string of the molecule is CN(CC(F)Cl)C(F)F. The molecule has 56 valence electrons. The van der Waals surface area contributed by atoms with Gasteiger partial charge < -0.3 is 0 Å². The summed E-state index contributed by atoms with van der Waals surface area (Å²) in [6.07, 6.45) is 0. The van der Waals surface area contributed by atoms with Crippen LogP contribution in [0.2, 0.25) is 0 Å². The van der Waals surface area contributed by atoms with Crippen molar-refractivity contribution < 1.29 is 13.2 Å². The minimum Gasteiger partial charge on any atom is -0.246 e. The van der Waals surface area contributed by atoms with E-state index in [1.165, 1.54) is 0 Å². The third kappa shape index (κ3) is 4.54. The number of hydrogen-bond donors (Lipinski definition) is 0. The molecule has 0 heterocycles. The molecule has 0 N–H and O–H groups in total. The lowest BCUT2D eigenvalue weighted by Gasteiger charge is -2.13. The molecule has 0 bridgehead atoms. The molecular formula is C4H7ClF3N. The number of hydrogen-bond acceptors (Lipinski definition) is 1. The van der Waals surface area contributed by atoms with Crippen molar-refractivity contribution in [1.29, 1.82) is 0 Å². The first kappa shape index (κ1) is 9.04. The fraction of sp³-hybridized carbons (Fsp3) is 1.00. The van der Waals surface area contributed by atoms with Gasteiger partial charge in [0.15, 0.2) is 5.63 Å². The molecule has 0 amide bonds. The Kier molecular flexibility index (Phi) is 3.97. The smallest absolute Gasteiger partial charge is 0.246 e. The first-order valence-electron chi connectivity index (χ1n) is 2.30. The molecule has 0 aromatic heterocycles. The molecule has 0 saturated heterocycles. The number of nitrogens with zero attached hydrogens (tertiary/aromatic N) is 1. The average molecular weight is 162 g/mol. The summed E-state index contributed by atoms with van der Waals surface area (Å²) in [7, 11) is 1.10. The van der Waals surface area contributed by atoms with Crippen molar-refractivity contribution in [1.82, 2.24) is 4.90 Å². The molecule has 0 aliphatic heterocycles. The number of rotatable bonds is 3. The van der Waals surface area contributed by atoms with Crippen LogP contribution in [-0.4, -0.2) is 30.7 Å². The summed E-state index contributed by atoms with van der Waals surface area (Å²) < 4.78 is 34.7. The Bertz CT molecular complexity index is 78.2. The van der Waals surface area contributed by atoms with Crippen LogP contribution in [0.15, 0.2) is 0 Å². The first-order chi connectivity index (χ1) is 4.04. The lowest BCUT2D eigenvalue weighted by atomic mass is 10.6. The van der Waals surface area contributed by atoms with Crippen molar-refractivity contribution in [3.05, 3.63) is 0 Å². The number of halogens is 4. The van der Waals surface area contributed by atoms with Crippen LogP contribution >= 0.6 is 11.6 Å². The van der Waals surface area contributed by atoms with E-state index in [4.69, 9.17) is 11.6 Å². The Balaban J connectivity index is 3.38. The van der Waals surface area contributed by atoms with Crippen LogP contribution in [0.25, 0.3) is 0 Å². The molecule has 0 radical (unpaired) electrons. The Morgan fingerprint density at radius 2 is 1.89 bits per heavy atom. The summed E-state index contributed by atoms with van der Waals surface area (Å²) in [5.41, 5.74) is -1.72. The molecule has 0 aliphatic carbocycles. The molecule has 0 spiro atoms. The Hall–Kier alpha value is 0.0400. The van der Waals surface area contributed by atoms with Gasteiger partial charge in [-0.3, -0.25) is 0 Å². The Morgan fingerprint density at radius 1 is 1.44 bits per heavy atom. The molecule has 5 heteroatoms. The zero-order valence-electron chi connectivity index (χ0n) is 4.82. The van der Waals surface area contributed by atoms with E-state index in [0.29, 0.717) is 4.90 Å². The lowest BCUT2D eigenvalue weighted by molar-refractivity contribution is -0.0147. The highest BCUT2D eigenvalue weighted by Gasteiger charge is 2.13. The maximum Gasteiger partial charge on any atom is 0.294 e. The van der Waals surface area contributed by atoms with Gasteiger partial charge in [-0.25, -0.2) is 9.29 Å². The van der Waals surface area contributed by atoms with E-state index in [1.54, 1.807) is 0 Å². The van der Waals surface area contributed by atoms with Crippen LogP contribution in [0.3, 0.4) is 0 Å². The highest BCUT2D eigenvalue weighted by molar-refractivity contribution is 6.19. The monoisotopic (exact) mass is 161 g/mol. The maximum atomic E-state index is 11.7. The van der Waals surface area contributed by atoms with Gasteiger partial charge in [-0.2, -0.15) is 8.78 Å². The third-order valence-electron chi connectivity index (χ3n) is 0.759. The second-order valence-corrected chi connectivity index (χ2v) is 2.08. The van der Waals surface area contributed by atoms with Crippen LogP contribution in [0, 0.1) is 0 Å². The summed E-state index contributed by atoms with van der Waals surface area (Å²) in [6, 6.07) is 0. The van der Waals surface area contributed by atoms with Gasteiger partial charge in [-0.1, -0.05) is 11.6 Å². The predicted octanol–water partition coefficient (Wildman–Crippen LogP) is 1.68.